The molecule has 2 N–H and O–H groups in total. The second-order valence-electron chi connectivity index (χ2n) is 6.50. The van der Waals surface area contributed by atoms with Crippen LogP contribution in [0.3, 0.4) is 0 Å². The van der Waals surface area contributed by atoms with Crippen LogP contribution in [0.2, 0.25) is 0 Å². The van der Waals surface area contributed by atoms with E-state index in [-0.39, 0.29) is 0 Å². The van der Waals surface area contributed by atoms with Crippen LogP contribution in [0.1, 0.15) is 79.1 Å². The van der Waals surface area contributed by atoms with Crippen molar-refractivity contribution >= 4 is 15.4 Å². The molecular formula is C16H38O3P2. The van der Waals surface area contributed by atoms with Crippen molar-refractivity contribution in [2.24, 2.45) is 0 Å². The van der Waals surface area contributed by atoms with Crippen LogP contribution in [0.5, 0.6) is 0 Å². The molecule has 0 heterocycles. The number of hydrogen-bond donors (Lipinski definition) is 2. The van der Waals surface area contributed by atoms with Crippen molar-refractivity contribution in [3.05, 3.63) is 0 Å². The molecule has 0 amide bonds. The van der Waals surface area contributed by atoms with Gasteiger partial charge in [0.15, 0.2) is 0 Å². The Kier molecular flexibility index (Phi) is 11.7. The van der Waals surface area contributed by atoms with Gasteiger partial charge < -0.3 is 0 Å². The summed E-state index contributed by atoms with van der Waals surface area (Å²) in [5.41, 5.74) is 0. The van der Waals surface area contributed by atoms with Crippen LogP contribution in [-0.2, 0) is 4.31 Å². The summed E-state index contributed by atoms with van der Waals surface area (Å²) in [5.74, 6) is 0. The quantitative estimate of drug-likeness (QED) is 0.388. The molecule has 0 atom stereocenters. The maximum absolute atomic E-state index is 9.68. The Hall–Kier alpha value is 0.740. The molecule has 0 aromatic heterocycles. The summed E-state index contributed by atoms with van der Waals surface area (Å²) in [6, 6.07) is 0. The summed E-state index contributed by atoms with van der Waals surface area (Å²) in [6.07, 6.45) is 13.6. The first kappa shape index (κ1) is 21.7. The Bertz CT molecular complexity index is 216. The third-order valence-corrected chi connectivity index (χ3v) is 12.8. The van der Waals surface area contributed by atoms with Crippen LogP contribution >= 0.6 is 15.4 Å². The molecule has 0 bridgehead atoms. The van der Waals surface area contributed by atoms with Crippen molar-refractivity contribution in [3.8, 4) is 0 Å². The molecular weight excluding hydrogens is 302 g/mol. The number of unbranched alkanes of at least 4 members (excludes halogenated alkanes) is 4. The van der Waals surface area contributed by atoms with E-state index in [1.807, 2.05) is 0 Å². The average molecular weight is 340 g/mol. The van der Waals surface area contributed by atoms with Crippen LogP contribution in [0.25, 0.3) is 0 Å². The third kappa shape index (κ3) is 7.71. The van der Waals surface area contributed by atoms with Gasteiger partial charge in [0, 0.05) is 0 Å². The Labute approximate surface area is 133 Å². The Morgan fingerprint density at radius 1 is 0.667 bits per heavy atom. The van der Waals surface area contributed by atoms with Gasteiger partial charge in [-0.1, -0.05) is 0 Å². The zero-order valence-corrected chi connectivity index (χ0v) is 16.5. The molecule has 130 valence electrons. The van der Waals surface area contributed by atoms with Gasteiger partial charge in [-0.25, -0.2) is 0 Å². The van der Waals surface area contributed by atoms with Crippen molar-refractivity contribution in [1.82, 2.24) is 0 Å². The van der Waals surface area contributed by atoms with E-state index < -0.39 is 15.4 Å². The van der Waals surface area contributed by atoms with Crippen LogP contribution < -0.4 is 0 Å². The molecule has 0 rings (SSSR count). The minimum atomic E-state index is -2.45. The first-order valence-corrected chi connectivity index (χ1v) is 12.9. The molecule has 0 aliphatic carbocycles. The van der Waals surface area contributed by atoms with E-state index in [0.717, 1.165) is 76.0 Å². The van der Waals surface area contributed by atoms with Crippen molar-refractivity contribution < 1.29 is 14.1 Å². The zero-order valence-electron chi connectivity index (χ0n) is 14.7. The predicted molar refractivity (Wildman–Crippen MR) is 98.5 cm³/mol. The van der Waals surface area contributed by atoms with Crippen molar-refractivity contribution in [3.63, 3.8) is 0 Å². The zero-order chi connectivity index (χ0) is 16.2. The topological polar surface area (TPSA) is 49.7 Å². The molecule has 0 fully saturated rings. The summed E-state index contributed by atoms with van der Waals surface area (Å²) in [5, 5.41) is 0. The normalized spacial score (nSPS) is 14.3. The van der Waals surface area contributed by atoms with Crippen LogP contribution in [-0.4, -0.2) is 34.4 Å². The molecule has 21 heavy (non-hydrogen) atoms. The van der Waals surface area contributed by atoms with Gasteiger partial charge in [0.05, 0.1) is 0 Å². The second kappa shape index (κ2) is 11.3. The SMILES string of the molecule is CCCCP(CCCC)(CCCC)(CCCC)OP(O)O. The molecule has 0 aromatic rings. The Balaban J connectivity index is 5.44. The molecule has 0 aliphatic heterocycles. The Morgan fingerprint density at radius 2 is 0.952 bits per heavy atom. The average Bonchev–Trinajstić information content (AvgIpc) is 2.47. The van der Waals surface area contributed by atoms with Gasteiger partial charge >= 0.3 is 133 Å². The molecule has 3 nitrogen and oxygen atoms in total. The molecule has 0 aromatic carbocycles. The molecule has 0 saturated heterocycles. The van der Waals surface area contributed by atoms with E-state index in [1.165, 1.54) is 0 Å². The first-order chi connectivity index (χ1) is 9.97. The third-order valence-electron chi connectivity index (χ3n) is 4.61. The molecule has 0 spiro atoms. The summed E-state index contributed by atoms with van der Waals surface area (Å²) in [7, 11) is -2.25. The van der Waals surface area contributed by atoms with Gasteiger partial charge in [-0.3, -0.25) is 0 Å². The second-order valence-corrected chi connectivity index (χ2v) is 13.2. The summed E-state index contributed by atoms with van der Waals surface area (Å²) < 4.78 is 6.14. The molecule has 0 aliphatic rings. The summed E-state index contributed by atoms with van der Waals surface area (Å²) in [4.78, 5) is 19.4. The molecule has 5 heteroatoms. The minimum absolute atomic E-state index is 1.09. The van der Waals surface area contributed by atoms with Crippen LogP contribution in [0, 0.1) is 0 Å². The van der Waals surface area contributed by atoms with E-state index in [4.69, 9.17) is 4.31 Å². The fourth-order valence-corrected chi connectivity index (χ4v) is 12.0. The van der Waals surface area contributed by atoms with Crippen molar-refractivity contribution in [1.29, 1.82) is 0 Å². The van der Waals surface area contributed by atoms with Crippen molar-refractivity contribution in [2.45, 2.75) is 79.1 Å². The van der Waals surface area contributed by atoms with Gasteiger partial charge in [0.1, 0.15) is 0 Å². The van der Waals surface area contributed by atoms with Gasteiger partial charge in [-0.2, -0.15) is 0 Å². The molecule has 0 saturated carbocycles. The maximum atomic E-state index is 9.68. The first-order valence-electron chi connectivity index (χ1n) is 8.86. The standard InChI is InChI=1S/C16H38O3P2/c1-5-9-13-21(14-10-6-2,15-11-7-3,16-12-8-4)19-20(17)18/h17-18H,5-16H2,1-4H3. The fraction of sp³-hybridized carbons (Fsp3) is 1.00. The number of rotatable bonds is 14. The van der Waals surface area contributed by atoms with E-state index in [2.05, 4.69) is 27.7 Å². The Morgan fingerprint density at radius 3 is 1.14 bits per heavy atom. The van der Waals surface area contributed by atoms with Gasteiger partial charge in [0.25, 0.3) is 0 Å². The van der Waals surface area contributed by atoms with Crippen molar-refractivity contribution in [2.75, 3.05) is 24.6 Å². The van der Waals surface area contributed by atoms with Crippen LogP contribution in [0.4, 0.5) is 0 Å². The van der Waals surface area contributed by atoms with Crippen LogP contribution in [0.15, 0.2) is 0 Å². The van der Waals surface area contributed by atoms with E-state index in [1.54, 1.807) is 0 Å². The predicted octanol–water partition coefficient (Wildman–Crippen LogP) is 5.88. The van der Waals surface area contributed by atoms with E-state index >= 15 is 0 Å². The van der Waals surface area contributed by atoms with Gasteiger partial charge in [0.2, 0.25) is 0 Å². The summed E-state index contributed by atoms with van der Waals surface area (Å²) >= 11 is 0. The van der Waals surface area contributed by atoms with Gasteiger partial charge in [-0.05, 0) is 0 Å². The number of hydrogen-bond acceptors (Lipinski definition) is 3. The fourth-order valence-electron chi connectivity index (χ4n) is 3.27. The molecule has 0 unspecified atom stereocenters. The van der Waals surface area contributed by atoms with E-state index in [0.29, 0.717) is 0 Å². The van der Waals surface area contributed by atoms with Gasteiger partial charge in [-0.15, -0.1) is 0 Å². The monoisotopic (exact) mass is 340 g/mol. The summed E-state index contributed by atoms with van der Waals surface area (Å²) in [6.45, 7) is 6.40. The van der Waals surface area contributed by atoms with E-state index in [9.17, 15) is 9.79 Å². The molecule has 0 radical (unpaired) electrons.